The molecule has 0 unspecified atom stereocenters. The van der Waals surface area contributed by atoms with E-state index in [1.807, 2.05) is 20.8 Å². The van der Waals surface area contributed by atoms with Gasteiger partial charge in [-0.15, -0.1) is 0 Å². The Kier molecular flexibility index (Phi) is 9.28. The van der Waals surface area contributed by atoms with Gasteiger partial charge in [-0.1, -0.05) is 59.9 Å². The molecule has 0 bridgehead atoms. The summed E-state index contributed by atoms with van der Waals surface area (Å²) in [5.74, 6) is -0.160. The zero-order valence-corrected chi connectivity index (χ0v) is 19.4. The number of carbonyl (C=O) groups excluding carboxylic acids is 2. The van der Waals surface area contributed by atoms with E-state index in [2.05, 4.69) is 5.32 Å². The fraction of sp³-hybridized carbons (Fsp3) is 0.364. The van der Waals surface area contributed by atoms with Crippen molar-refractivity contribution in [3.05, 3.63) is 63.1 Å². The van der Waals surface area contributed by atoms with Gasteiger partial charge >= 0.3 is 0 Å². The van der Waals surface area contributed by atoms with E-state index < -0.39 is 6.04 Å². The minimum atomic E-state index is -0.663. The summed E-state index contributed by atoms with van der Waals surface area (Å²) < 4.78 is 5.61. The molecule has 0 radical (unpaired) electrons. The third-order valence-corrected chi connectivity index (χ3v) is 5.39. The first kappa shape index (κ1) is 24.3. The molecule has 30 heavy (non-hydrogen) atoms. The number of nitrogens with zero attached hydrogens (tertiary/aromatic N) is 1. The van der Waals surface area contributed by atoms with Crippen LogP contribution in [0, 0.1) is 0 Å². The van der Waals surface area contributed by atoms with Gasteiger partial charge in [0, 0.05) is 12.6 Å². The third kappa shape index (κ3) is 6.79. The Morgan fingerprint density at radius 1 is 1.03 bits per heavy atom. The van der Waals surface area contributed by atoms with E-state index in [9.17, 15) is 9.59 Å². The van der Waals surface area contributed by atoms with Gasteiger partial charge in [0.1, 0.15) is 11.8 Å². The van der Waals surface area contributed by atoms with Gasteiger partial charge in [-0.3, -0.25) is 9.59 Å². The number of para-hydroxylation sites is 1. The summed E-state index contributed by atoms with van der Waals surface area (Å²) in [6.07, 6.45) is 0.442. The van der Waals surface area contributed by atoms with Crippen LogP contribution < -0.4 is 10.1 Å². The summed E-state index contributed by atoms with van der Waals surface area (Å²) in [6.45, 7) is 5.53. The van der Waals surface area contributed by atoms with Crippen molar-refractivity contribution in [2.75, 3.05) is 6.61 Å². The predicted molar refractivity (Wildman–Crippen MR) is 121 cm³/mol. The number of amides is 2. The first-order chi connectivity index (χ1) is 14.2. The average molecular weight is 472 g/mol. The largest absolute Gasteiger partial charge is 0.482 e. The first-order valence-corrected chi connectivity index (χ1v) is 10.8. The van der Waals surface area contributed by atoms with Crippen LogP contribution in [-0.2, 0) is 16.1 Å². The van der Waals surface area contributed by atoms with E-state index in [4.69, 9.17) is 39.5 Å². The number of ether oxygens (including phenoxy) is 1. The van der Waals surface area contributed by atoms with Crippen molar-refractivity contribution in [1.29, 1.82) is 0 Å². The summed E-state index contributed by atoms with van der Waals surface area (Å²) in [6, 6.07) is 11.3. The molecular weight excluding hydrogens is 447 g/mol. The fourth-order valence-electron chi connectivity index (χ4n) is 2.92. The number of benzene rings is 2. The van der Waals surface area contributed by atoms with Gasteiger partial charge in [0.2, 0.25) is 5.91 Å². The van der Waals surface area contributed by atoms with E-state index >= 15 is 0 Å². The molecule has 2 aromatic carbocycles. The molecule has 8 heteroatoms. The molecule has 0 fully saturated rings. The molecular formula is C22H25Cl3N2O3. The molecule has 162 valence electrons. The van der Waals surface area contributed by atoms with Crippen LogP contribution in [0.25, 0.3) is 0 Å². The van der Waals surface area contributed by atoms with Gasteiger partial charge in [0.15, 0.2) is 6.61 Å². The highest BCUT2D eigenvalue weighted by molar-refractivity contribution is 6.42. The molecule has 1 atom stereocenters. The SMILES string of the molecule is CC[C@@H](C(=O)NC(C)C)N(Cc1ccc(Cl)c(Cl)c1)C(=O)COc1ccccc1Cl. The molecule has 0 aromatic heterocycles. The number of carbonyl (C=O) groups is 2. The maximum absolute atomic E-state index is 13.1. The van der Waals surface area contributed by atoms with Crippen molar-refractivity contribution in [2.45, 2.75) is 45.8 Å². The van der Waals surface area contributed by atoms with Gasteiger partial charge in [-0.25, -0.2) is 0 Å². The van der Waals surface area contributed by atoms with E-state index in [1.54, 1.807) is 42.5 Å². The monoisotopic (exact) mass is 470 g/mol. The molecule has 1 N–H and O–H groups in total. The molecule has 0 spiro atoms. The Morgan fingerprint density at radius 2 is 1.73 bits per heavy atom. The van der Waals surface area contributed by atoms with Crippen LogP contribution in [0.3, 0.4) is 0 Å². The Labute approximate surface area is 192 Å². The first-order valence-electron chi connectivity index (χ1n) is 9.64. The minimum Gasteiger partial charge on any atom is -0.482 e. The van der Waals surface area contributed by atoms with Crippen LogP contribution in [0.1, 0.15) is 32.8 Å². The van der Waals surface area contributed by atoms with E-state index in [-0.39, 0.29) is 31.0 Å². The summed E-state index contributed by atoms with van der Waals surface area (Å²) in [4.78, 5) is 27.3. The molecule has 0 saturated heterocycles. The zero-order valence-electron chi connectivity index (χ0n) is 17.1. The highest BCUT2D eigenvalue weighted by Gasteiger charge is 2.29. The molecule has 0 aliphatic rings. The lowest BCUT2D eigenvalue weighted by molar-refractivity contribution is -0.143. The number of nitrogens with one attached hydrogen (secondary N) is 1. The normalized spacial score (nSPS) is 11.8. The summed E-state index contributed by atoms with van der Waals surface area (Å²) >= 11 is 18.2. The third-order valence-electron chi connectivity index (χ3n) is 4.34. The Morgan fingerprint density at radius 3 is 2.33 bits per heavy atom. The van der Waals surface area contributed by atoms with Crippen LogP contribution in [-0.4, -0.2) is 35.4 Å². The molecule has 0 aliphatic carbocycles. The maximum Gasteiger partial charge on any atom is 0.261 e. The zero-order chi connectivity index (χ0) is 22.3. The maximum atomic E-state index is 13.1. The average Bonchev–Trinajstić information content (AvgIpc) is 2.69. The second-order valence-corrected chi connectivity index (χ2v) is 8.30. The lowest BCUT2D eigenvalue weighted by Gasteiger charge is -2.31. The summed E-state index contributed by atoms with van der Waals surface area (Å²) in [5, 5.41) is 4.09. The van der Waals surface area contributed by atoms with Gasteiger partial charge < -0.3 is 15.0 Å². The number of rotatable bonds is 9. The molecule has 5 nitrogen and oxygen atoms in total. The molecule has 0 aliphatic heterocycles. The van der Waals surface area contributed by atoms with Gasteiger partial charge in [-0.2, -0.15) is 0 Å². The number of halogens is 3. The van der Waals surface area contributed by atoms with E-state index in [0.29, 0.717) is 27.2 Å². The van der Waals surface area contributed by atoms with E-state index in [0.717, 1.165) is 5.56 Å². The Hall–Kier alpha value is -1.95. The lowest BCUT2D eigenvalue weighted by Crippen LogP contribution is -2.51. The molecule has 0 heterocycles. The quantitative estimate of drug-likeness (QED) is 0.536. The van der Waals surface area contributed by atoms with Crippen molar-refractivity contribution in [3.8, 4) is 5.75 Å². The van der Waals surface area contributed by atoms with Crippen molar-refractivity contribution in [2.24, 2.45) is 0 Å². The Bertz CT molecular complexity index is 890. The van der Waals surface area contributed by atoms with Crippen molar-refractivity contribution in [1.82, 2.24) is 10.2 Å². The molecule has 2 amide bonds. The van der Waals surface area contributed by atoms with Crippen molar-refractivity contribution >= 4 is 46.6 Å². The lowest BCUT2D eigenvalue weighted by atomic mass is 10.1. The minimum absolute atomic E-state index is 0.0483. The highest BCUT2D eigenvalue weighted by atomic mass is 35.5. The number of hydrogen-bond acceptors (Lipinski definition) is 3. The van der Waals surface area contributed by atoms with Crippen LogP contribution in [0.5, 0.6) is 5.75 Å². The Balaban J connectivity index is 2.25. The van der Waals surface area contributed by atoms with Crippen LogP contribution in [0.2, 0.25) is 15.1 Å². The highest BCUT2D eigenvalue weighted by Crippen LogP contribution is 2.25. The summed E-state index contributed by atoms with van der Waals surface area (Å²) in [5.41, 5.74) is 0.756. The topological polar surface area (TPSA) is 58.6 Å². The molecule has 0 saturated carbocycles. The van der Waals surface area contributed by atoms with Gasteiger partial charge in [0.05, 0.1) is 15.1 Å². The van der Waals surface area contributed by atoms with Crippen LogP contribution >= 0.6 is 34.8 Å². The predicted octanol–water partition coefficient (Wildman–Crippen LogP) is 5.36. The van der Waals surface area contributed by atoms with Crippen LogP contribution in [0.4, 0.5) is 0 Å². The van der Waals surface area contributed by atoms with E-state index in [1.165, 1.54) is 4.90 Å². The van der Waals surface area contributed by atoms with Gasteiger partial charge in [0.25, 0.3) is 5.91 Å². The van der Waals surface area contributed by atoms with Crippen LogP contribution in [0.15, 0.2) is 42.5 Å². The van der Waals surface area contributed by atoms with Crippen molar-refractivity contribution in [3.63, 3.8) is 0 Å². The fourth-order valence-corrected chi connectivity index (χ4v) is 3.43. The number of hydrogen-bond donors (Lipinski definition) is 1. The van der Waals surface area contributed by atoms with Gasteiger partial charge in [-0.05, 0) is 50.1 Å². The second-order valence-electron chi connectivity index (χ2n) is 7.08. The summed E-state index contributed by atoms with van der Waals surface area (Å²) in [7, 11) is 0. The second kappa shape index (κ2) is 11.4. The smallest absolute Gasteiger partial charge is 0.261 e. The van der Waals surface area contributed by atoms with Crippen molar-refractivity contribution < 1.29 is 14.3 Å². The molecule has 2 rings (SSSR count). The standard InChI is InChI=1S/C22H25Cl3N2O3/c1-4-19(22(29)26-14(2)3)27(12-15-9-10-16(23)18(25)11-15)21(28)13-30-20-8-6-5-7-17(20)24/h5-11,14,19H,4,12-13H2,1-3H3,(H,26,29)/t19-/m0/s1. The molecule has 2 aromatic rings.